The maximum Gasteiger partial charge on any atom is 0.0850 e. The molecule has 1 saturated heterocycles. The maximum absolute atomic E-state index is 5.94. The second-order valence-corrected chi connectivity index (χ2v) is 5.39. The monoisotopic (exact) mass is 242 g/mol. The van der Waals surface area contributed by atoms with Crippen molar-refractivity contribution in [3.05, 3.63) is 0 Å². The Hall–Kier alpha value is -0.160. The molecule has 0 aromatic rings. The van der Waals surface area contributed by atoms with E-state index in [1.165, 1.54) is 25.7 Å². The summed E-state index contributed by atoms with van der Waals surface area (Å²) in [6, 6.07) is 0.682. The summed E-state index contributed by atoms with van der Waals surface area (Å²) in [5, 5.41) is 0. The predicted molar refractivity (Wildman–Crippen MR) is 68.0 cm³/mol. The quantitative estimate of drug-likeness (QED) is 0.802. The Kier molecular flexibility index (Phi) is 4.79. The van der Waals surface area contributed by atoms with Gasteiger partial charge in [-0.05, 0) is 19.8 Å². The summed E-state index contributed by atoms with van der Waals surface area (Å²) >= 11 is 0. The van der Waals surface area contributed by atoms with Crippen LogP contribution in [0.3, 0.4) is 0 Å². The van der Waals surface area contributed by atoms with Gasteiger partial charge in [-0.3, -0.25) is 4.90 Å². The molecule has 0 amide bonds. The van der Waals surface area contributed by atoms with Crippen LogP contribution in [-0.2, 0) is 9.47 Å². The number of nitrogens with zero attached hydrogens (tertiary/aromatic N) is 1. The molecule has 0 aromatic carbocycles. The van der Waals surface area contributed by atoms with Crippen LogP contribution in [0.1, 0.15) is 32.6 Å². The van der Waals surface area contributed by atoms with Crippen LogP contribution in [0, 0.1) is 0 Å². The summed E-state index contributed by atoms with van der Waals surface area (Å²) in [6.45, 7) is 4.82. The highest BCUT2D eigenvalue weighted by molar-refractivity contribution is 4.88. The SMILES string of the molecule is COC1CCCCC1N1CCOC(C(C)N)C1. The van der Waals surface area contributed by atoms with Gasteiger partial charge < -0.3 is 15.2 Å². The van der Waals surface area contributed by atoms with E-state index >= 15 is 0 Å². The topological polar surface area (TPSA) is 47.7 Å². The van der Waals surface area contributed by atoms with E-state index in [1.54, 1.807) is 0 Å². The Morgan fingerprint density at radius 1 is 1.35 bits per heavy atom. The van der Waals surface area contributed by atoms with E-state index in [2.05, 4.69) is 4.90 Å². The Morgan fingerprint density at radius 2 is 2.12 bits per heavy atom. The van der Waals surface area contributed by atoms with Crippen molar-refractivity contribution in [2.24, 2.45) is 5.73 Å². The summed E-state index contributed by atoms with van der Waals surface area (Å²) < 4.78 is 11.4. The van der Waals surface area contributed by atoms with Crippen molar-refractivity contribution >= 4 is 0 Å². The lowest BCUT2D eigenvalue weighted by Crippen LogP contribution is -2.56. The van der Waals surface area contributed by atoms with Crippen molar-refractivity contribution in [3.8, 4) is 0 Å². The van der Waals surface area contributed by atoms with Gasteiger partial charge in [0, 0.05) is 32.3 Å². The molecule has 2 fully saturated rings. The molecule has 0 radical (unpaired) electrons. The third-order valence-corrected chi connectivity index (χ3v) is 4.15. The summed E-state index contributed by atoms with van der Waals surface area (Å²) in [6.07, 6.45) is 5.66. The molecule has 1 aliphatic heterocycles. The van der Waals surface area contributed by atoms with Crippen LogP contribution in [0.25, 0.3) is 0 Å². The minimum Gasteiger partial charge on any atom is -0.380 e. The largest absolute Gasteiger partial charge is 0.380 e. The van der Waals surface area contributed by atoms with Gasteiger partial charge >= 0.3 is 0 Å². The molecule has 0 spiro atoms. The van der Waals surface area contributed by atoms with E-state index in [1.807, 2.05) is 14.0 Å². The number of hydrogen-bond donors (Lipinski definition) is 1. The van der Waals surface area contributed by atoms with Crippen LogP contribution >= 0.6 is 0 Å². The zero-order valence-electron chi connectivity index (χ0n) is 11.1. The normalized spacial score (nSPS) is 37.9. The fourth-order valence-corrected chi connectivity index (χ4v) is 3.09. The summed E-state index contributed by atoms with van der Waals surface area (Å²) in [5.74, 6) is 0. The van der Waals surface area contributed by atoms with E-state index in [0.717, 1.165) is 19.7 Å². The van der Waals surface area contributed by atoms with E-state index in [-0.39, 0.29) is 12.1 Å². The average molecular weight is 242 g/mol. The first-order chi connectivity index (χ1) is 8.22. The second kappa shape index (κ2) is 6.14. The number of ether oxygens (including phenoxy) is 2. The van der Waals surface area contributed by atoms with Crippen molar-refractivity contribution in [1.29, 1.82) is 0 Å². The molecule has 1 saturated carbocycles. The molecule has 2 N–H and O–H groups in total. The Bertz CT molecular complexity index is 235. The molecule has 0 aromatic heterocycles. The van der Waals surface area contributed by atoms with Crippen LogP contribution in [0.5, 0.6) is 0 Å². The first kappa shape index (κ1) is 13.3. The Balaban J connectivity index is 1.95. The van der Waals surface area contributed by atoms with Gasteiger partial charge in [-0.1, -0.05) is 12.8 Å². The van der Waals surface area contributed by atoms with Crippen molar-refractivity contribution in [2.75, 3.05) is 26.8 Å². The molecular weight excluding hydrogens is 216 g/mol. The van der Waals surface area contributed by atoms with Crippen LogP contribution in [0.2, 0.25) is 0 Å². The van der Waals surface area contributed by atoms with Gasteiger partial charge in [0.25, 0.3) is 0 Å². The molecule has 0 bridgehead atoms. The summed E-state index contributed by atoms with van der Waals surface area (Å²) in [7, 11) is 1.84. The van der Waals surface area contributed by atoms with Gasteiger partial charge in [-0.15, -0.1) is 0 Å². The lowest BCUT2D eigenvalue weighted by molar-refractivity contribution is -0.0863. The Morgan fingerprint density at radius 3 is 2.82 bits per heavy atom. The lowest BCUT2D eigenvalue weighted by atomic mass is 9.90. The molecule has 2 rings (SSSR count). The first-order valence-electron chi connectivity index (χ1n) is 6.86. The number of morpholine rings is 1. The van der Waals surface area contributed by atoms with Gasteiger partial charge in [0.2, 0.25) is 0 Å². The number of nitrogens with two attached hydrogens (primary N) is 1. The highest BCUT2D eigenvalue weighted by Crippen LogP contribution is 2.26. The second-order valence-electron chi connectivity index (χ2n) is 5.39. The van der Waals surface area contributed by atoms with Crippen molar-refractivity contribution in [3.63, 3.8) is 0 Å². The van der Waals surface area contributed by atoms with Gasteiger partial charge in [0.05, 0.1) is 18.8 Å². The molecule has 4 heteroatoms. The first-order valence-corrected chi connectivity index (χ1v) is 6.86. The maximum atomic E-state index is 5.94. The number of hydrogen-bond acceptors (Lipinski definition) is 4. The van der Waals surface area contributed by atoms with Crippen molar-refractivity contribution in [1.82, 2.24) is 4.90 Å². The average Bonchev–Trinajstić information content (AvgIpc) is 2.39. The molecule has 4 unspecified atom stereocenters. The fraction of sp³-hybridized carbons (Fsp3) is 1.00. The van der Waals surface area contributed by atoms with Crippen LogP contribution in [0.15, 0.2) is 0 Å². The van der Waals surface area contributed by atoms with Gasteiger partial charge in [0.1, 0.15) is 0 Å². The smallest absolute Gasteiger partial charge is 0.0850 e. The highest BCUT2D eigenvalue weighted by Gasteiger charge is 2.34. The van der Waals surface area contributed by atoms with E-state index in [0.29, 0.717) is 12.1 Å². The van der Waals surface area contributed by atoms with Gasteiger partial charge in [-0.2, -0.15) is 0 Å². The van der Waals surface area contributed by atoms with Crippen molar-refractivity contribution < 1.29 is 9.47 Å². The lowest BCUT2D eigenvalue weighted by Gasteiger charge is -2.43. The predicted octanol–water partition coefficient (Wildman–Crippen LogP) is 0.992. The molecular formula is C13H26N2O2. The summed E-state index contributed by atoms with van der Waals surface area (Å²) in [4.78, 5) is 2.53. The molecule has 1 heterocycles. The van der Waals surface area contributed by atoms with E-state index in [4.69, 9.17) is 15.2 Å². The minimum atomic E-state index is 0.113. The highest BCUT2D eigenvalue weighted by atomic mass is 16.5. The van der Waals surface area contributed by atoms with Gasteiger partial charge in [0.15, 0.2) is 0 Å². The zero-order valence-corrected chi connectivity index (χ0v) is 11.1. The zero-order chi connectivity index (χ0) is 12.3. The third kappa shape index (κ3) is 3.19. The van der Waals surface area contributed by atoms with E-state index < -0.39 is 0 Å². The summed E-state index contributed by atoms with van der Waals surface area (Å²) in [5.41, 5.74) is 5.94. The molecule has 1 aliphatic carbocycles. The number of rotatable bonds is 3. The number of methoxy groups -OCH3 is 1. The van der Waals surface area contributed by atoms with Crippen LogP contribution < -0.4 is 5.73 Å². The molecule has 4 nitrogen and oxygen atoms in total. The third-order valence-electron chi connectivity index (χ3n) is 4.15. The minimum absolute atomic E-state index is 0.113. The van der Waals surface area contributed by atoms with Crippen LogP contribution in [-0.4, -0.2) is 56.0 Å². The fourth-order valence-electron chi connectivity index (χ4n) is 3.09. The molecule has 17 heavy (non-hydrogen) atoms. The molecule has 2 aliphatic rings. The Labute approximate surface area is 104 Å². The standard InChI is InChI=1S/C13H26N2O2/c1-10(14)13-9-15(7-8-17-13)11-5-3-4-6-12(11)16-2/h10-13H,3-9,14H2,1-2H3. The van der Waals surface area contributed by atoms with Gasteiger partial charge in [-0.25, -0.2) is 0 Å². The van der Waals surface area contributed by atoms with E-state index in [9.17, 15) is 0 Å². The van der Waals surface area contributed by atoms with Crippen molar-refractivity contribution in [2.45, 2.75) is 56.9 Å². The molecule has 100 valence electrons. The molecule has 4 atom stereocenters. The van der Waals surface area contributed by atoms with Crippen LogP contribution in [0.4, 0.5) is 0 Å².